The van der Waals surface area contributed by atoms with E-state index in [0.717, 1.165) is 32.4 Å². The van der Waals surface area contributed by atoms with Crippen molar-refractivity contribution in [2.24, 2.45) is 0 Å². The number of rotatable bonds is 6. The van der Waals surface area contributed by atoms with E-state index < -0.39 is 6.10 Å². The summed E-state index contributed by atoms with van der Waals surface area (Å²) in [6.45, 7) is 6.03. The van der Waals surface area contributed by atoms with Crippen molar-refractivity contribution in [2.75, 3.05) is 26.2 Å². The molecule has 0 N–H and O–H groups in total. The molecule has 2 aliphatic rings. The van der Waals surface area contributed by atoms with Crippen molar-refractivity contribution < 1.29 is 13.9 Å². The van der Waals surface area contributed by atoms with Crippen LogP contribution in [0.25, 0.3) is 0 Å². The number of piperidine rings is 1. The first-order valence-electron chi connectivity index (χ1n) is 9.58. The van der Waals surface area contributed by atoms with E-state index in [0.29, 0.717) is 11.8 Å². The number of amides is 1. The topological polar surface area (TPSA) is 32.8 Å². The first-order valence-corrected chi connectivity index (χ1v) is 9.58. The van der Waals surface area contributed by atoms with Gasteiger partial charge in [-0.15, -0.1) is 0 Å². The molecule has 2 atom stereocenters. The Kier molecular flexibility index (Phi) is 6.29. The van der Waals surface area contributed by atoms with Crippen molar-refractivity contribution in [1.29, 1.82) is 0 Å². The number of nitrogens with zero attached hydrogens (tertiary/aromatic N) is 2. The smallest absolute Gasteiger partial charge is 0.263 e. The maximum Gasteiger partial charge on any atom is 0.263 e. The third-order valence-electron chi connectivity index (χ3n) is 5.34. The fourth-order valence-corrected chi connectivity index (χ4v) is 3.96. The molecule has 1 amide bonds. The monoisotopic (exact) mass is 348 g/mol. The van der Waals surface area contributed by atoms with E-state index in [2.05, 4.69) is 4.90 Å². The molecule has 3 rings (SSSR count). The zero-order valence-corrected chi connectivity index (χ0v) is 15.1. The minimum absolute atomic E-state index is 0.0235. The molecule has 0 saturated carbocycles. The summed E-state index contributed by atoms with van der Waals surface area (Å²) in [6.07, 6.45) is 6.36. The third kappa shape index (κ3) is 4.94. The maximum atomic E-state index is 13.3. The summed E-state index contributed by atoms with van der Waals surface area (Å²) in [5, 5.41) is 0. The number of carbonyl (C=O) groups is 1. The zero-order chi connectivity index (χ0) is 17.6. The van der Waals surface area contributed by atoms with E-state index in [-0.39, 0.29) is 11.7 Å². The minimum Gasteiger partial charge on any atom is -0.481 e. The first kappa shape index (κ1) is 18.2. The second-order valence-corrected chi connectivity index (χ2v) is 7.24. The molecular weight excluding hydrogens is 319 g/mol. The number of benzene rings is 1. The number of carbonyl (C=O) groups excluding carboxylic acids is 1. The molecular formula is C20H29FN2O2. The minimum atomic E-state index is -0.589. The Morgan fingerprint density at radius 2 is 2.00 bits per heavy atom. The van der Waals surface area contributed by atoms with Gasteiger partial charge in [-0.25, -0.2) is 4.39 Å². The Labute approximate surface area is 149 Å². The Hall–Kier alpha value is -1.62. The number of halogens is 1. The molecule has 4 nitrogen and oxygen atoms in total. The lowest BCUT2D eigenvalue weighted by Gasteiger charge is -2.38. The standard InChI is InChI=1S/C20H29FN2O2/c1-16(25-19-9-6-7-17(21)15-19)20(24)23-13-3-2-8-18(23)10-14-22-11-4-5-12-22/h6-7,9,15-16,18H,2-5,8,10-14H2,1H3/t16-,18+/m1/s1. The highest BCUT2D eigenvalue weighted by molar-refractivity contribution is 5.81. The zero-order valence-electron chi connectivity index (χ0n) is 15.1. The van der Waals surface area contributed by atoms with Crippen LogP contribution in [0.2, 0.25) is 0 Å². The van der Waals surface area contributed by atoms with E-state index in [9.17, 15) is 9.18 Å². The lowest BCUT2D eigenvalue weighted by Crippen LogP contribution is -2.49. The van der Waals surface area contributed by atoms with Gasteiger partial charge in [-0.05, 0) is 70.7 Å². The van der Waals surface area contributed by atoms with E-state index in [1.807, 2.05) is 4.90 Å². The van der Waals surface area contributed by atoms with Gasteiger partial charge in [-0.1, -0.05) is 6.07 Å². The molecule has 0 aromatic heterocycles. The summed E-state index contributed by atoms with van der Waals surface area (Å²) < 4.78 is 19.0. The van der Waals surface area contributed by atoms with Gasteiger partial charge >= 0.3 is 0 Å². The van der Waals surface area contributed by atoms with Crippen LogP contribution in [0, 0.1) is 5.82 Å². The van der Waals surface area contributed by atoms with Gasteiger partial charge in [0.25, 0.3) is 5.91 Å². The molecule has 0 bridgehead atoms. The van der Waals surface area contributed by atoms with Crippen molar-refractivity contribution in [3.8, 4) is 5.75 Å². The summed E-state index contributed by atoms with van der Waals surface area (Å²) in [7, 11) is 0. The number of ether oxygens (including phenoxy) is 1. The van der Waals surface area contributed by atoms with Crippen molar-refractivity contribution in [2.45, 2.75) is 57.6 Å². The van der Waals surface area contributed by atoms with Crippen molar-refractivity contribution >= 4 is 5.91 Å². The Balaban J connectivity index is 1.57. The van der Waals surface area contributed by atoms with Crippen LogP contribution < -0.4 is 4.74 Å². The Bertz CT molecular complexity index is 575. The number of likely N-dealkylation sites (tertiary alicyclic amines) is 2. The highest BCUT2D eigenvalue weighted by Crippen LogP contribution is 2.23. The fourth-order valence-electron chi connectivity index (χ4n) is 3.96. The average molecular weight is 348 g/mol. The lowest BCUT2D eigenvalue weighted by molar-refractivity contribution is -0.142. The van der Waals surface area contributed by atoms with Gasteiger partial charge in [-0.2, -0.15) is 0 Å². The van der Waals surface area contributed by atoms with Crippen LogP contribution in [0.5, 0.6) is 5.75 Å². The molecule has 2 aliphatic heterocycles. The molecule has 2 heterocycles. The van der Waals surface area contributed by atoms with Gasteiger partial charge in [0, 0.05) is 25.2 Å². The molecule has 1 aromatic carbocycles. The van der Waals surface area contributed by atoms with Gasteiger partial charge in [0.1, 0.15) is 11.6 Å². The second kappa shape index (κ2) is 8.65. The predicted octanol–water partition coefficient (Wildman–Crippen LogP) is 3.46. The summed E-state index contributed by atoms with van der Waals surface area (Å²) >= 11 is 0. The van der Waals surface area contributed by atoms with Crippen LogP contribution in [0.1, 0.15) is 45.4 Å². The molecule has 0 radical (unpaired) electrons. The Morgan fingerprint density at radius 1 is 1.24 bits per heavy atom. The summed E-state index contributed by atoms with van der Waals surface area (Å²) in [4.78, 5) is 17.4. The summed E-state index contributed by atoms with van der Waals surface area (Å²) in [6, 6.07) is 6.29. The normalized spacial score (nSPS) is 22.8. The van der Waals surface area contributed by atoms with Crippen molar-refractivity contribution in [3.05, 3.63) is 30.1 Å². The van der Waals surface area contributed by atoms with Gasteiger partial charge in [0.15, 0.2) is 6.10 Å². The Morgan fingerprint density at radius 3 is 2.76 bits per heavy atom. The predicted molar refractivity (Wildman–Crippen MR) is 96.1 cm³/mol. The van der Waals surface area contributed by atoms with Crippen molar-refractivity contribution in [1.82, 2.24) is 9.80 Å². The molecule has 1 aromatic rings. The number of hydrogen-bond donors (Lipinski definition) is 0. The molecule has 2 saturated heterocycles. The van der Waals surface area contributed by atoms with E-state index in [1.54, 1.807) is 19.1 Å². The molecule has 2 fully saturated rings. The second-order valence-electron chi connectivity index (χ2n) is 7.24. The molecule has 138 valence electrons. The van der Waals surface area contributed by atoms with E-state index >= 15 is 0 Å². The highest BCUT2D eigenvalue weighted by Gasteiger charge is 2.31. The molecule has 0 spiro atoms. The SMILES string of the molecule is C[C@@H](Oc1cccc(F)c1)C(=O)N1CCCC[C@H]1CCN1CCCC1. The number of hydrogen-bond acceptors (Lipinski definition) is 3. The van der Waals surface area contributed by atoms with E-state index in [1.165, 1.54) is 44.5 Å². The fraction of sp³-hybridized carbons (Fsp3) is 0.650. The van der Waals surface area contributed by atoms with Crippen LogP contribution in [-0.4, -0.2) is 54.0 Å². The maximum absolute atomic E-state index is 13.3. The van der Waals surface area contributed by atoms with Gasteiger partial charge in [0.2, 0.25) is 0 Å². The van der Waals surface area contributed by atoms with Crippen LogP contribution in [-0.2, 0) is 4.79 Å². The third-order valence-corrected chi connectivity index (χ3v) is 5.34. The largest absolute Gasteiger partial charge is 0.481 e. The first-order chi connectivity index (χ1) is 12.1. The van der Waals surface area contributed by atoms with Crippen LogP contribution in [0.15, 0.2) is 24.3 Å². The van der Waals surface area contributed by atoms with E-state index in [4.69, 9.17) is 4.74 Å². The molecule has 5 heteroatoms. The van der Waals surface area contributed by atoms with Gasteiger partial charge < -0.3 is 14.5 Å². The van der Waals surface area contributed by atoms with Crippen LogP contribution in [0.4, 0.5) is 4.39 Å². The van der Waals surface area contributed by atoms with Crippen molar-refractivity contribution in [3.63, 3.8) is 0 Å². The highest BCUT2D eigenvalue weighted by atomic mass is 19.1. The van der Waals surface area contributed by atoms with Gasteiger partial charge in [0.05, 0.1) is 0 Å². The molecule has 25 heavy (non-hydrogen) atoms. The quantitative estimate of drug-likeness (QED) is 0.789. The van der Waals surface area contributed by atoms with Crippen LogP contribution >= 0.6 is 0 Å². The average Bonchev–Trinajstić information content (AvgIpc) is 3.13. The summed E-state index contributed by atoms with van der Waals surface area (Å²) in [5.41, 5.74) is 0. The summed E-state index contributed by atoms with van der Waals surface area (Å²) in [5.74, 6) is 0.0838. The molecule has 0 aliphatic carbocycles. The molecule has 0 unspecified atom stereocenters. The van der Waals surface area contributed by atoms with Crippen LogP contribution in [0.3, 0.4) is 0 Å². The van der Waals surface area contributed by atoms with Gasteiger partial charge in [-0.3, -0.25) is 4.79 Å². The lowest BCUT2D eigenvalue weighted by atomic mass is 9.98.